The van der Waals surface area contributed by atoms with Gasteiger partial charge in [-0.2, -0.15) is 11.3 Å². The average Bonchev–Trinajstić information content (AvgIpc) is 3.16. The summed E-state index contributed by atoms with van der Waals surface area (Å²) in [7, 11) is 0. The van der Waals surface area contributed by atoms with E-state index in [2.05, 4.69) is 20.5 Å². The molecule has 154 valence electrons. The zero-order chi connectivity index (χ0) is 19.0. The molecule has 3 N–H and O–H groups in total. The second kappa shape index (κ2) is 11.8. The normalized spacial score (nSPS) is 17.8. The van der Waals surface area contributed by atoms with Gasteiger partial charge in [-0.25, -0.2) is 4.99 Å². The van der Waals surface area contributed by atoms with Crippen molar-refractivity contribution in [1.29, 1.82) is 0 Å². The Labute approximate surface area is 183 Å². The van der Waals surface area contributed by atoms with E-state index in [1.54, 1.807) is 25.2 Å². The van der Waals surface area contributed by atoms with Crippen LogP contribution in [0.5, 0.6) is 0 Å². The zero-order valence-corrected chi connectivity index (χ0v) is 19.5. The molecule has 0 aromatic carbocycles. The van der Waals surface area contributed by atoms with Crippen LogP contribution in [0.4, 0.5) is 0 Å². The highest BCUT2D eigenvalue weighted by Crippen LogP contribution is 2.23. The second-order valence-electron chi connectivity index (χ2n) is 6.76. The number of halogens is 1. The first kappa shape index (κ1) is 24.1. The van der Waals surface area contributed by atoms with E-state index in [0.717, 1.165) is 51.4 Å². The predicted molar refractivity (Wildman–Crippen MR) is 122 cm³/mol. The molecule has 1 aliphatic rings. The van der Waals surface area contributed by atoms with E-state index in [-0.39, 0.29) is 29.9 Å². The maximum Gasteiger partial charge on any atom is 0.219 e. The molecule has 1 aromatic heterocycles. The van der Waals surface area contributed by atoms with Crippen LogP contribution in [-0.4, -0.2) is 79.1 Å². The highest BCUT2D eigenvalue weighted by molar-refractivity contribution is 14.0. The molecule has 1 saturated heterocycles. The Balaban J connectivity index is 0.00000364. The molecule has 0 radical (unpaired) electrons. The first-order valence-electron chi connectivity index (χ1n) is 9.17. The molecule has 2 heterocycles. The lowest BCUT2D eigenvalue weighted by atomic mass is 10.00. The first-order valence-corrected chi connectivity index (χ1v) is 10.1. The Morgan fingerprint density at radius 2 is 2.04 bits per heavy atom. The van der Waals surface area contributed by atoms with E-state index < -0.39 is 5.60 Å². The van der Waals surface area contributed by atoms with Gasteiger partial charge in [-0.1, -0.05) is 0 Å². The summed E-state index contributed by atoms with van der Waals surface area (Å²) in [5.74, 6) is 0.868. The number of nitrogens with one attached hydrogen (secondary N) is 2. The molecular formula is C18H32IN5O2S. The van der Waals surface area contributed by atoms with Crippen molar-refractivity contribution in [3.05, 3.63) is 22.4 Å². The lowest BCUT2D eigenvalue weighted by molar-refractivity contribution is -0.130. The summed E-state index contributed by atoms with van der Waals surface area (Å²) in [5.41, 5.74) is -0.0730. The molecule has 1 amide bonds. The lowest BCUT2D eigenvalue weighted by Gasteiger charge is -2.34. The summed E-state index contributed by atoms with van der Waals surface area (Å²) in [5, 5.41) is 21.1. The molecule has 27 heavy (non-hydrogen) atoms. The van der Waals surface area contributed by atoms with Gasteiger partial charge in [0.25, 0.3) is 0 Å². The van der Waals surface area contributed by atoms with Crippen molar-refractivity contribution < 1.29 is 9.90 Å². The lowest BCUT2D eigenvalue weighted by Crippen LogP contribution is -2.50. The van der Waals surface area contributed by atoms with Gasteiger partial charge in [0.2, 0.25) is 5.91 Å². The van der Waals surface area contributed by atoms with Gasteiger partial charge in [-0.3, -0.25) is 9.69 Å². The van der Waals surface area contributed by atoms with Crippen molar-refractivity contribution in [3.8, 4) is 0 Å². The molecule has 1 aliphatic heterocycles. The third-order valence-electron chi connectivity index (χ3n) is 4.57. The fourth-order valence-corrected chi connectivity index (χ4v) is 3.64. The number of hydrogen-bond donors (Lipinski definition) is 3. The molecule has 0 bridgehead atoms. The first-order chi connectivity index (χ1) is 12.4. The number of rotatable bonds is 7. The molecule has 0 spiro atoms. The smallest absolute Gasteiger partial charge is 0.219 e. The Kier molecular flexibility index (Phi) is 10.6. The van der Waals surface area contributed by atoms with Crippen LogP contribution in [0.3, 0.4) is 0 Å². The number of aliphatic hydroxyl groups is 1. The van der Waals surface area contributed by atoms with Gasteiger partial charge in [0.05, 0.1) is 6.54 Å². The molecule has 0 aliphatic carbocycles. The van der Waals surface area contributed by atoms with Crippen molar-refractivity contribution in [2.75, 3.05) is 52.4 Å². The fraction of sp³-hybridized carbons (Fsp3) is 0.667. The highest BCUT2D eigenvalue weighted by atomic mass is 127. The number of guanidine groups is 1. The van der Waals surface area contributed by atoms with E-state index in [4.69, 9.17) is 0 Å². The molecule has 1 aromatic rings. The summed E-state index contributed by atoms with van der Waals surface area (Å²) in [6, 6.07) is 1.93. The van der Waals surface area contributed by atoms with E-state index in [9.17, 15) is 9.90 Å². The third kappa shape index (κ3) is 7.92. The monoisotopic (exact) mass is 509 g/mol. The minimum absolute atomic E-state index is 0. The van der Waals surface area contributed by atoms with E-state index in [1.807, 2.05) is 28.7 Å². The maximum atomic E-state index is 11.4. The standard InChI is InChI=1S/C18H31N5O2S.HI/c1-4-19-17(21-14-18(3,25)16-5-12-26-13-16)20-6-7-22-8-10-23(11-9-22)15(2)24;/h5,12-13,25H,4,6-11,14H2,1-3H3,(H2,19,20,21);1H. The van der Waals surface area contributed by atoms with Crippen molar-refractivity contribution in [2.24, 2.45) is 4.99 Å². The van der Waals surface area contributed by atoms with Crippen LogP contribution in [0.15, 0.2) is 21.8 Å². The van der Waals surface area contributed by atoms with Gasteiger partial charge < -0.3 is 20.6 Å². The summed E-state index contributed by atoms with van der Waals surface area (Å²) >= 11 is 1.57. The largest absolute Gasteiger partial charge is 0.383 e. The van der Waals surface area contributed by atoms with Crippen LogP contribution in [0.1, 0.15) is 26.3 Å². The number of carbonyl (C=O) groups is 1. The van der Waals surface area contributed by atoms with Gasteiger partial charge in [-0.15, -0.1) is 24.0 Å². The van der Waals surface area contributed by atoms with Crippen LogP contribution >= 0.6 is 35.3 Å². The Bertz CT molecular complexity index is 587. The van der Waals surface area contributed by atoms with Gasteiger partial charge in [-0.05, 0) is 36.2 Å². The Morgan fingerprint density at radius 1 is 1.33 bits per heavy atom. The van der Waals surface area contributed by atoms with Crippen LogP contribution in [0.25, 0.3) is 0 Å². The Morgan fingerprint density at radius 3 is 2.59 bits per heavy atom. The number of hydrogen-bond acceptors (Lipinski definition) is 5. The predicted octanol–water partition coefficient (Wildman–Crippen LogP) is 1.29. The summed E-state index contributed by atoms with van der Waals surface area (Å²) < 4.78 is 0. The maximum absolute atomic E-state index is 11.4. The van der Waals surface area contributed by atoms with E-state index in [0.29, 0.717) is 12.5 Å². The molecule has 1 unspecified atom stereocenters. The molecular weight excluding hydrogens is 477 g/mol. The fourth-order valence-electron chi connectivity index (χ4n) is 2.86. The summed E-state index contributed by atoms with van der Waals surface area (Å²) in [6.45, 7) is 11.6. The summed E-state index contributed by atoms with van der Waals surface area (Å²) in [4.78, 5) is 20.1. The average molecular weight is 509 g/mol. The van der Waals surface area contributed by atoms with Gasteiger partial charge in [0.15, 0.2) is 5.96 Å². The number of thiophene rings is 1. The SMILES string of the molecule is CCNC(=NCC(C)(O)c1ccsc1)NCCN1CCN(C(C)=O)CC1.I. The highest BCUT2D eigenvalue weighted by Gasteiger charge is 2.23. The second-order valence-corrected chi connectivity index (χ2v) is 7.54. The van der Waals surface area contributed by atoms with Crippen molar-refractivity contribution in [2.45, 2.75) is 26.4 Å². The van der Waals surface area contributed by atoms with Gasteiger partial charge in [0.1, 0.15) is 5.60 Å². The number of carbonyl (C=O) groups excluding carboxylic acids is 1. The minimum atomic E-state index is -0.967. The summed E-state index contributed by atoms with van der Waals surface area (Å²) in [6.07, 6.45) is 0. The van der Waals surface area contributed by atoms with Crippen molar-refractivity contribution in [3.63, 3.8) is 0 Å². The molecule has 7 nitrogen and oxygen atoms in total. The number of piperazine rings is 1. The van der Waals surface area contributed by atoms with Crippen LogP contribution in [0, 0.1) is 0 Å². The number of nitrogens with zero attached hydrogens (tertiary/aromatic N) is 3. The molecule has 1 fully saturated rings. The molecule has 9 heteroatoms. The number of amides is 1. The molecule has 1 atom stereocenters. The number of aliphatic imine (C=N–C) groups is 1. The zero-order valence-electron chi connectivity index (χ0n) is 16.4. The Hall–Kier alpha value is -0.910. The third-order valence-corrected chi connectivity index (χ3v) is 5.25. The molecule has 0 saturated carbocycles. The van der Waals surface area contributed by atoms with Crippen LogP contribution in [0.2, 0.25) is 0 Å². The van der Waals surface area contributed by atoms with Crippen molar-refractivity contribution >= 4 is 47.2 Å². The van der Waals surface area contributed by atoms with Gasteiger partial charge >= 0.3 is 0 Å². The quantitative estimate of drug-likeness (QED) is 0.294. The van der Waals surface area contributed by atoms with Crippen molar-refractivity contribution in [1.82, 2.24) is 20.4 Å². The van der Waals surface area contributed by atoms with E-state index in [1.165, 1.54) is 0 Å². The van der Waals surface area contributed by atoms with Gasteiger partial charge in [0, 0.05) is 52.7 Å². The van der Waals surface area contributed by atoms with Crippen LogP contribution < -0.4 is 10.6 Å². The van der Waals surface area contributed by atoms with Crippen LogP contribution in [-0.2, 0) is 10.4 Å². The topological polar surface area (TPSA) is 80.2 Å². The van der Waals surface area contributed by atoms with E-state index >= 15 is 0 Å². The molecule has 2 rings (SSSR count). The minimum Gasteiger partial charge on any atom is -0.383 e.